The number of hydrogen-bond donors (Lipinski definition) is 2. The Morgan fingerprint density at radius 2 is 1.82 bits per heavy atom. The van der Waals surface area contributed by atoms with Crippen LogP contribution in [0.3, 0.4) is 0 Å². The van der Waals surface area contributed by atoms with Gasteiger partial charge in [-0.3, -0.25) is 9.69 Å². The van der Waals surface area contributed by atoms with Gasteiger partial charge in [-0.2, -0.15) is 0 Å². The Kier molecular flexibility index (Phi) is 9.06. The molecule has 0 radical (unpaired) electrons. The van der Waals surface area contributed by atoms with Crippen molar-refractivity contribution in [3.63, 3.8) is 0 Å². The lowest BCUT2D eigenvalue weighted by atomic mass is 10.0. The van der Waals surface area contributed by atoms with Gasteiger partial charge < -0.3 is 24.7 Å². The monoisotopic (exact) mass is 665 g/mol. The summed E-state index contributed by atoms with van der Waals surface area (Å²) in [5, 5.41) is 2.77. The topological polar surface area (TPSA) is 117 Å². The van der Waals surface area contributed by atoms with Crippen LogP contribution in [0.2, 0.25) is 0 Å². The van der Waals surface area contributed by atoms with Crippen molar-refractivity contribution in [3.05, 3.63) is 75.6 Å². The molecule has 0 saturated carbocycles. The zero-order chi connectivity index (χ0) is 31.8. The number of aromatic amines is 1. The van der Waals surface area contributed by atoms with E-state index in [1.54, 1.807) is 36.8 Å². The van der Waals surface area contributed by atoms with Crippen molar-refractivity contribution in [1.29, 1.82) is 0 Å². The quantitative estimate of drug-likeness (QED) is 0.311. The minimum absolute atomic E-state index is 0.169. The summed E-state index contributed by atoms with van der Waals surface area (Å²) >= 11 is 3.47. The molecule has 2 N–H and O–H groups in total. The summed E-state index contributed by atoms with van der Waals surface area (Å²) < 4.78 is 12.4. The number of imidazole rings is 1. The molecule has 3 atom stereocenters. The van der Waals surface area contributed by atoms with E-state index in [0.717, 1.165) is 32.4 Å². The lowest BCUT2D eigenvalue weighted by Gasteiger charge is -2.31. The predicted molar refractivity (Wildman–Crippen MR) is 169 cm³/mol. The fourth-order valence-corrected chi connectivity index (χ4v) is 5.99. The third-order valence-electron chi connectivity index (χ3n) is 7.96. The molecule has 1 saturated heterocycles. The normalized spacial score (nSPS) is 18.7. The number of benzene rings is 2. The second-order valence-corrected chi connectivity index (χ2v) is 13.8. The molecule has 2 aliphatic heterocycles. The van der Waals surface area contributed by atoms with Crippen molar-refractivity contribution in [2.24, 2.45) is 5.92 Å². The number of aryl methyl sites for hydroxylation is 1. The van der Waals surface area contributed by atoms with Gasteiger partial charge in [0.05, 0.1) is 24.5 Å². The number of halogens is 1. The zero-order valence-electron chi connectivity index (χ0n) is 26.0. The first-order valence-corrected chi connectivity index (χ1v) is 15.7. The molecule has 1 aromatic heterocycles. The Hall–Kier alpha value is -3.86. The third-order valence-corrected chi connectivity index (χ3v) is 8.49. The second-order valence-electron chi connectivity index (χ2n) is 12.9. The van der Waals surface area contributed by atoms with E-state index in [2.05, 4.69) is 31.2 Å². The summed E-state index contributed by atoms with van der Waals surface area (Å²) in [6, 6.07) is 12.6. The molecule has 2 aromatic carbocycles. The van der Waals surface area contributed by atoms with E-state index in [9.17, 15) is 14.4 Å². The van der Waals surface area contributed by atoms with Crippen LogP contribution in [0.5, 0.6) is 0 Å². The number of fused-ring (bicyclic) bond motifs is 1. The van der Waals surface area contributed by atoms with Gasteiger partial charge in [0.15, 0.2) is 0 Å². The Bertz CT molecular complexity index is 1530. The number of carbonyl (C=O) groups excluding carboxylic acids is 3. The molecule has 3 aromatic rings. The van der Waals surface area contributed by atoms with Gasteiger partial charge in [0.2, 0.25) is 5.91 Å². The maximum Gasteiger partial charge on any atom is 0.410 e. The predicted octanol–water partition coefficient (Wildman–Crippen LogP) is 6.49. The van der Waals surface area contributed by atoms with Gasteiger partial charge in [0.25, 0.3) is 0 Å². The van der Waals surface area contributed by atoms with Gasteiger partial charge in [-0.05, 0) is 68.0 Å². The van der Waals surface area contributed by atoms with E-state index in [-0.39, 0.29) is 18.4 Å². The number of carbonyl (C=O) groups is 3. The highest BCUT2D eigenvalue weighted by Crippen LogP contribution is 2.35. The molecule has 0 unspecified atom stereocenters. The van der Waals surface area contributed by atoms with Crippen molar-refractivity contribution in [1.82, 2.24) is 25.1 Å². The van der Waals surface area contributed by atoms with Crippen LogP contribution in [-0.4, -0.2) is 62.2 Å². The highest BCUT2D eigenvalue weighted by atomic mass is 79.9. The van der Waals surface area contributed by atoms with E-state index in [4.69, 9.17) is 9.47 Å². The minimum Gasteiger partial charge on any atom is -0.444 e. The molecule has 234 valence electrons. The number of alkyl carbamates (subject to hydrolysis) is 1. The standard InChI is InChI=1S/C33H40BrN5O5/c1-19(2)28(37-31(41)44-33(4,5)6)30(40)39-17-24(43-32(42)38-16-22-9-7-8-20(3)25(22)18-38)14-27(39)29-35-15-26(36-29)21-10-12-23(34)13-11-21/h7-13,15,19,24,27-28H,14,16-18H2,1-6H3,(H,35,36)(H,37,41)/t24-,27+,28+/m1/s1. The highest BCUT2D eigenvalue weighted by molar-refractivity contribution is 9.10. The van der Waals surface area contributed by atoms with Crippen LogP contribution in [0.4, 0.5) is 9.59 Å². The first-order valence-electron chi connectivity index (χ1n) is 14.9. The summed E-state index contributed by atoms with van der Waals surface area (Å²) in [4.78, 5) is 51.5. The molecule has 0 bridgehead atoms. The number of nitrogens with one attached hydrogen (secondary N) is 2. The molecule has 5 rings (SSSR count). The van der Waals surface area contributed by atoms with Crippen LogP contribution >= 0.6 is 15.9 Å². The summed E-state index contributed by atoms with van der Waals surface area (Å²) in [7, 11) is 0. The van der Waals surface area contributed by atoms with E-state index in [1.165, 1.54) is 0 Å². The molecule has 3 amide bonds. The van der Waals surface area contributed by atoms with Crippen LogP contribution < -0.4 is 5.32 Å². The summed E-state index contributed by atoms with van der Waals surface area (Å²) in [6.07, 6.45) is 0.464. The zero-order valence-corrected chi connectivity index (χ0v) is 27.6. The molecule has 1 fully saturated rings. The number of rotatable bonds is 6. The molecule has 0 spiro atoms. The average Bonchev–Trinajstić information content (AvgIpc) is 3.69. The maximum absolute atomic E-state index is 14.1. The Morgan fingerprint density at radius 3 is 2.48 bits per heavy atom. The van der Waals surface area contributed by atoms with Crippen LogP contribution in [0.1, 0.15) is 69.6 Å². The Morgan fingerprint density at radius 1 is 1.09 bits per heavy atom. The van der Waals surface area contributed by atoms with Crippen molar-refractivity contribution in [2.75, 3.05) is 6.54 Å². The Labute approximate surface area is 266 Å². The molecule has 3 heterocycles. The Balaban J connectivity index is 1.37. The smallest absolute Gasteiger partial charge is 0.410 e. The maximum atomic E-state index is 14.1. The van der Waals surface area contributed by atoms with Crippen molar-refractivity contribution in [3.8, 4) is 11.3 Å². The van der Waals surface area contributed by atoms with Crippen molar-refractivity contribution < 1.29 is 23.9 Å². The number of hydrogen-bond acceptors (Lipinski definition) is 6. The number of nitrogens with zero attached hydrogens (tertiary/aromatic N) is 3. The number of likely N-dealkylation sites (tertiary alicyclic amines) is 1. The number of H-pyrrole nitrogens is 1. The van der Waals surface area contributed by atoms with Crippen LogP contribution in [0.25, 0.3) is 11.3 Å². The van der Waals surface area contributed by atoms with E-state index < -0.39 is 36.0 Å². The molecular weight excluding hydrogens is 626 g/mol. The molecule has 10 nitrogen and oxygen atoms in total. The SMILES string of the molecule is Cc1cccc2c1CN(C(=O)O[C@@H]1C[C@@H](c3ncc(-c4ccc(Br)cc4)[nH]3)N(C(=O)[C@@H](NC(=O)OC(C)(C)C)C(C)C)C1)C2. The molecular formula is C33H40BrN5O5. The van der Waals surface area contributed by atoms with Gasteiger partial charge >= 0.3 is 12.2 Å². The lowest BCUT2D eigenvalue weighted by Crippen LogP contribution is -2.52. The fraction of sp³-hybridized carbons (Fsp3) is 0.455. The molecule has 44 heavy (non-hydrogen) atoms. The van der Waals surface area contributed by atoms with E-state index >= 15 is 0 Å². The van der Waals surface area contributed by atoms with Crippen LogP contribution in [-0.2, 0) is 27.4 Å². The van der Waals surface area contributed by atoms with Crippen LogP contribution in [0, 0.1) is 12.8 Å². The highest BCUT2D eigenvalue weighted by Gasteiger charge is 2.44. The van der Waals surface area contributed by atoms with Crippen molar-refractivity contribution >= 4 is 34.0 Å². The first kappa shape index (κ1) is 31.6. The molecule has 0 aliphatic carbocycles. The summed E-state index contributed by atoms with van der Waals surface area (Å²) in [6.45, 7) is 12.2. The van der Waals surface area contributed by atoms with Gasteiger partial charge in [-0.1, -0.05) is 60.1 Å². The molecule has 11 heteroatoms. The first-order chi connectivity index (χ1) is 20.8. The third kappa shape index (κ3) is 7.09. The summed E-state index contributed by atoms with van der Waals surface area (Å²) in [5.41, 5.74) is 4.45. The second kappa shape index (κ2) is 12.6. The van der Waals surface area contributed by atoms with Gasteiger partial charge in [-0.25, -0.2) is 14.6 Å². The largest absolute Gasteiger partial charge is 0.444 e. The average molecular weight is 667 g/mol. The van der Waals surface area contributed by atoms with E-state index in [0.29, 0.717) is 25.3 Å². The van der Waals surface area contributed by atoms with Crippen molar-refractivity contribution in [2.45, 2.75) is 84.8 Å². The van der Waals surface area contributed by atoms with E-state index in [1.807, 2.05) is 63.2 Å². The van der Waals surface area contributed by atoms with Crippen LogP contribution in [0.15, 0.2) is 53.1 Å². The molecule has 2 aliphatic rings. The number of amides is 3. The van der Waals surface area contributed by atoms with Gasteiger partial charge in [0.1, 0.15) is 23.6 Å². The van der Waals surface area contributed by atoms with Gasteiger partial charge in [-0.15, -0.1) is 0 Å². The van der Waals surface area contributed by atoms with Gasteiger partial charge in [0, 0.05) is 24.0 Å². The lowest BCUT2D eigenvalue weighted by molar-refractivity contribution is -0.136. The summed E-state index contributed by atoms with van der Waals surface area (Å²) in [5.74, 6) is 0.0672. The number of aromatic nitrogens is 2. The number of ether oxygens (including phenoxy) is 2. The minimum atomic E-state index is -0.848. The fourth-order valence-electron chi connectivity index (χ4n) is 5.73.